The van der Waals surface area contributed by atoms with Gasteiger partial charge in [0.25, 0.3) is 0 Å². The third kappa shape index (κ3) is 3.58. The number of carbonyl (C=O) groups excluding carboxylic acids is 1. The minimum Gasteiger partial charge on any atom is -0.338 e. The van der Waals surface area contributed by atoms with Crippen molar-refractivity contribution in [3.63, 3.8) is 0 Å². The first kappa shape index (κ1) is 13.6. The number of nitrogens with one attached hydrogen (secondary N) is 1. The maximum atomic E-state index is 12.3. The molecule has 2 heterocycles. The molecule has 2 aliphatic heterocycles. The zero-order valence-electron chi connectivity index (χ0n) is 11.7. The van der Waals surface area contributed by atoms with Crippen LogP contribution in [0.4, 0.5) is 0 Å². The van der Waals surface area contributed by atoms with Crippen LogP contribution in [0, 0.1) is 11.8 Å². The van der Waals surface area contributed by atoms with Crippen LogP contribution in [0.3, 0.4) is 0 Å². The second-order valence-corrected chi connectivity index (χ2v) is 5.94. The van der Waals surface area contributed by atoms with Crippen LogP contribution in [-0.2, 0) is 4.79 Å². The summed E-state index contributed by atoms with van der Waals surface area (Å²) < 4.78 is 0. The molecule has 0 bridgehead atoms. The molecule has 0 spiro atoms. The summed E-state index contributed by atoms with van der Waals surface area (Å²) in [4.78, 5) is 14.3. The van der Waals surface area contributed by atoms with E-state index in [1.807, 2.05) is 4.90 Å². The smallest absolute Gasteiger partial charge is 0.223 e. The van der Waals surface area contributed by atoms with Crippen LogP contribution >= 0.6 is 0 Å². The Hall–Kier alpha value is -0.830. The molecule has 18 heavy (non-hydrogen) atoms. The number of nitrogens with zero attached hydrogens (tertiary/aromatic N) is 1. The molecule has 2 atom stereocenters. The Labute approximate surface area is 111 Å². The van der Waals surface area contributed by atoms with Crippen molar-refractivity contribution in [3.8, 4) is 0 Å². The van der Waals surface area contributed by atoms with E-state index in [1.54, 1.807) is 0 Å². The Bertz CT molecular complexity index is 318. The van der Waals surface area contributed by atoms with Crippen LogP contribution in [0.1, 0.15) is 39.5 Å². The third-order valence-corrected chi connectivity index (χ3v) is 4.32. The van der Waals surface area contributed by atoms with Gasteiger partial charge in [-0.15, -0.1) is 0 Å². The van der Waals surface area contributed by atoms with Gasteiger partial charge >= 0.3 is 0 Å². The molecule has 2 aliphatic rings. The standard InChI is InChI=1S/C15H26N2O/c1-12-5-4-8-17(11-12)15(18)9-13(2)14-6-3-7-16-10-14/h5,13-14,16H,3-4,6-11H2,1-2H3. The number of hydrogen-bond acceptors (Lipinski definition) is 2. The topological polar surface area (TPSA) is 32.3 Å². The largest absolute Gasteiger partial charge is 0.338 e. The molecule has 3 nitrogen and oxygen atoms in total. The van der Waals surface area contributed by atoms with E-state index in [9.17, 15) is 4.79 Å². The zero-order chi connectivity index (χ0) is 13.0. The molecule has 1 saturated heterocycles. The highest BCUT2D eigenvalue weighted by Crippen LogP contribution is 2.23. The number of carbonyl (C=O) groups is 1. The monoisotopic (exact) mass is 250 g/mol. The lowest BCUT2D eigenvalue weighted by Gasteiger charge is -2.31. The van der Waals surface area contributed by atoms with E-state index >= 15 is 0 Å². The maximum absolute atomic E-state index is 12.3. The summed E-state index contributed by atoms with van der Waals surface area (Å²) in [5.74, 6) is 1.54. The van der Waals surface area contributed by atoms with E-state index in [2.05, 4.69) is 25.2 Å². The quantitative estimate of drug-likeness (QED) is 0.779. The van der Waals surface area contributed by atoms with Gasteiger partial charge in [0.2, 0.25) is 5.91 Å². The normalized spacial score (nSPS) is 26.7. The van der Waals surface area contributed by atoms with Crippen molar-refractivity contribution in [2.45, 2.75) is 39.5 Å². The van der Waals surface area contributed by atoms with Crippen LogP contribution < -0.4 is 5.32 Å². The summed E-state index contributed by atoms with van der Waals surface area (Å²) in [6.07, 6.45) is 6.53. The Kier molecular flexibility index (Phi) is 4.81. The Balaban J connectivity index is 1.81. The number of piperidine rings is 1. The van der Waals surface area contributed by atoms with Crippen molar-refractivity contribution >= 4 is 5.91 Å². The van der Waals surface area contributed by atoms with E-state index in [4.69, 9.17) is 0 Å². The zero-order valence-corrected chi connectivity index (χ0v) is 11.7. The molecule has 0 saturated carbocycles. The lowest BCUT2D eigenvalue weighted by molar-refractivity contribution is -0.132. The summed E-state index contributed by atoms with van der Waals surface area (Å²) in [6, 6.07) is 0. The number of amides is 1. The Morgan fingerprint density at radius 3 is 3.11 bits per heavy atom. The Morgan fingerprint density at radius 2 is 2.44 bits per heavy atom. The lowest BCUT2D eigenvalue weighted by atomic mass is 9.85. The molecule has 0 aliphatic carbocycles. The van der Waals surface area contributed by atoms with E-state index < -0.39 is 0 Å². The van der Waals surface area contributed by atoms with Gasteiger partial charge in [0.1, 0.15) is 0 Å². The van der Waals surface area contributed by atoms with Crippen molar-refractivity contribution in [2.24, 2.45) is 11.8 Å². The van der Waals surface area contributed by atoms with Gasteiger partial charge in [0.05, 0.1) is 0 Å². The van der Waals surface area contributed by atoms with Gasteiger partial charge in [-0.05, 0) is 51.1 Å². The summed E-state index contributed by atoms with van der Waals surface area (Å²) in [5, 5.41) is 3.44. The predicted octanol–water partition coefficient (Wildman–Crippen LogP) is 2.19. The summed E-state index contributed by atoms with van der Waals surface area (Å²) in [6.45, 7) is 8.34. The minimum atomic E-state index is 0.348. The first-order valence-corrected chi connectivity index (χ1v) is 7.31. The second-order valence-electron chi connectivity index (χ2n) is 5.94. The van der Waals surface area contributed by atoms with Gasteiger partial charge in [0, 0.05) is 19.5 Å². The fraction of sp³-hybridized carbons (Fsp3) is 0.800. The van der Waals surface area contributed by atoms with Crippen LogP contribution in [0.2, 0.25) is 0 Å². The van der Waals surface area contributed by atoms with Crippen molar-refractivity contribution in [2.75, 3.05) is 26.2 Å². The molecule has 1 N–H and O–H groups in total. The van der Waals surface area contributed by atoms with Crippen LogP contribution in [0.5, 0.6) is 0 Å². The van der Waals surface area contributed by atoms with Gasteiger partial charge in [-0.25, -0.2) is 0 Å². The van der Waals surface area contributed by atoms with Crippen molar-refractivity contribution in [1.82, 2.24) is 10.2 Å². The Morgan fingerprint density at radius 1 is 1.61 bits per heavy atom. The second kappa shape index (κ2) is 6.37. The highest BCUT2D eigenvalue weighted by atomic mass is 16.2. The van der Waals surface area contributed by atoms with E-state index in [1.165, 1.54) is 18.4 Å². The molecule has 102 valence electrons. The molecule has 0 aromatic heterocycles. The molecule has 1 fully saturated rings. The van der Waals surface area contributed by atoms with Gasteiger partial charge in [-0.3, -0.25) is 4.79 Å². The highest BCUT2D eigenvalue weighted by molar-refractivity contribution is 5.76. The van der Waals surface area contributed by atoms with Crippen molar-refractivity contribution < 1.29 is 4.79 Å². The molecule has 0 radical (unpaired) electrons. The van der Waals surface area contributed by atoms with Crippen molar-refractivity contribution in [1.29, 1.82) is 0 Å². The maximum Gasteiger partial charge on any atom is 0.223 e. The lowest BCUT2D eigenvalue weighted by Crippen LogP contribution is -2.39. The number of hydrogen-bond donors (Lipinski definition) is 1. The van der Waals surface area contributed by atoms with E-state index in [0.29, 0.717) is 17.7 Å². The first-order chi connectivity index (χ1) is 8.66. The molecule has 2 unspecified atom stereocenters. The number of rotatable bonds is 3. The molecular weight excluding hydrogens is 224 g/mol. The van der Waals surface area contributed by atoms with Gasteiger partial charge < -0.3 is 10.2 Å². The average molecular weight is 250 g/mol. The van der Waals surface area contributed by atoms with E-state index in [-0.39, 0.29) is 0 Å². The molecule has 1 amide bonds. The fourth-order valence-electron chi connectivity index (χ4n) is 3.06. The predicted molar refractivity (Wildman–Crippen MR) is 74.3 cm³/mol. The third-order valence-electron chi connectivity index (χ3n) is 4.32. The fourth-order valence-corrected chi connectivity index (χ4v) is 3.06. The summed E-state index contributed by atoms with van der Waals surface area (Å²) in [5.41, 5.74) is 1.33. The average Bonchev–Trinajstić information content (AvgIpc) is 2.39. The van der Waals surface area contributed by atoms with Crippen LogP contribution in [0.15, 0.2) is 11.6 Å². The van der Waals surface area contributed by atoms with Crippen LogP contribution in [-0.4, -0.2) is 37.0 Å². The van der Waals surface area contributed by atoms with Gasteiger partial charge in [-0.2, -0.15) is 0 Å². The minimum absolute atomic E-state index is 0.348. The van der Waals surface area contributed by atoms with Gasteiger partial charge in [0.15, 0.2) is 0 Å². The van der Waals surface area contributed by atoms with Gasteiger partial charge in [-0.1, -0.05) is 18.6 Å². The molecule has 0 aromatic carbocycles. The van der Waals surface area contributed by atoms with E-state index in [0.717, 1.165) is 39.0 Å². The SMILES string of the molecule is CC1=CCCN(C(=O)CC(C)C2CCCNC2)C1. The molecule has 3 heteroatoms. The van der Waals surface area contributed by atoms with Crippen molar-refractivity contribution in [3.05, 3.63) is 11.6 Å². The van der Waals surface area contributed by atoms with Crippen LogP contribution in [0.25, 0.3) is 0 Å². The molecule has 0 aromatic rings. The summed E-state index contributed by atoms with van der Waals surface area (Å²) >= 11 is 0. The summed E-state index contributed by atoms with van der Waals surface area (Å²) in [7, 11) is 0. The molecular formula is C15H26N2O. The first-order valence-electron chi connectivity index (χ1n) is 7.31. The molecule has 2 rings (SSSR count). The highest BCUT2D eigenvalue weighted by Gasteiger charge is 2.24.